The molecule has 2 rings (SSSR count). The first-order valence-corrected chi connectivity index (χ1v) is 6.61. The third kappa shape index (κ3) is 2.88. The number of aromatic nitrogens is 1. The molecule has 0 bridgehead atoms. The molecule has 0 unspecified atom stereocenters. The van der Waals surface area contributed by atoms with Crippen molar-refractivity contribution in [1.82, 2.24) is 9.88 Å². The molecule has 0 radical (unpaired) electrons. The second kappa shape index (κ2) is 6.34. The van der Waals surface area contributed by atoms with Crippen molar-refractivity contribution in [2.75, 3.05) is 32.5 Å². The maximum absolute atomic E-state index is 12.5. The molecule has 0 aliphatic rings. The van der Waals surface area contributed by atoms with Crippen LogP contribution in [0.1, 0.15) is 17.3 Å². The number of rotatable bonds is 5. The number of carbonyl (C=O) groups excluding carboxylic acids is 1. The fraction of sp³-hybridized carbons (Fsp3) is 0.333. The largest absolute Gasteiger partial charge is 0.383 e. The second-order valence-electron chi connectivity index (χ2n) is 4.53. The molecule has 0 spiro atoms. The van der Waals surface area contributed by atoms with Crippen LogP contribution in [0.4, 0.5) is 5.82 Å². The van der Waals surface area contributed by atoms with Gasteiger partial charge in [0.1, 0.15) is 5.82 Å². The fourth-order valence-electron chi connectivity index (χ4n) is 2.04. The first-order valence-electron chi connectivity index (χ1n) is 6.61. The maximum atomic E-state index is 12.5. The van der Waals surface area contributed by atoms with Crippen LogP contribution in [0.2, 0.25) is 0 Å². The number of likely N-dealkylation sites (N-methyl/N-ethyl adjacent to an activating group) is 1. The van der Waals surface area contributed by atoms with Crippen LogP contribution in [-0.2, 0) is 4.74 Å². The fourth-order valence-corrected chi connectivity index (χ4v) is 2.04. The number of nitrogen functional groups attached to an aromatic ring is 1. The lowest BCUT2D eigenvalue weighted by molar-refractivity contribution is 0.0711. The number of pyridine rings is 1. The summed E-state index contributed by atoms with van der Waals surface area (Å²) in [6.45, 7) is 3.65. The van der Waals surface area contributed by atoms with Gasteiger partial charge in [-0.3, -0.25) is 4.79 Å². The highest BCUT2D eigenvalue weighted by Gasteiger charge is 2.16. The molecule has 1 aromatic heterocycles. The molecule has 2 N–H and O–H groups in total. The van der Waals surface area contributed by atoms with Gasteiger partial charge in [0.25, 0.3) is 5.91 Å². The molecule has 20 heavy (non-hydrogen) atoms. The van der Waals surface area contributed by atoms with E-state index in [1.54, 1.807) is 11.9 Å². The molecular weight excluding hydrogens is 254 g/mol. The summed E-state index contributed by atoms with van der Waals surface area (Å²) in [6.07, 6.45) is 1.54. The summed E-state index contributed by atoms with van der Waals surface area (Å²) in [5, 5.41) is 1.63. The van der Waals surface area contributed by atoms with Gasteiger partial charge in [-0.1, -0.05) is 24.3 Å². The summed E-state index contributed by atoms with van der Waals surface area (Å²) in [5.41, 5.74) is 6.41. The third-order valence-corrected chi connectivity index (χ3v) is 3.18. The molecule has 0 fully saturated rings. The van der Waals surface area contributed by atoms with Crippen LogP contribution in [0.3, 0.4) is 0 Å². The van der Waals surface area contributed by atoms with Crippen LogP contribution in [0.5, 0.6) is 0 Å². The van der Waals surface area contributed by atoms with Crippen LogP contribution >= 0.6 is 0 Å². The summed E-state index contributed by atoms with van der Waals surface area (Å²) in [4.78, 5) is 18.2. The third-order valence-electron chi connectivity index (χ3n) is 3.18. The van der Waals surface area contributed by atoms with Crippen molar-refractivity contribution >= 4 is 22.5 Å². The first-order chi connectivity index (χ1) is 9.65. The zero-order chi connectivity index (χ0) is 14.5. The Morgan fingerprint density at radius 2 is 2.05 bits per heavy atom. The quantitative estimate of drug-likeness (QED) is 0.845. The van der Waals surface area contributed by atoms with E-state index in [4.69, 9.17) is 10.5 Å². The topological polar surface area (TPSA) is 68.5 Å². The number of nitrogens with two attached hydrogens (primary N) is 1. The van der Waals surface area contributed by atoms with E-state index in [1.165, 1.54) is 6.20 Å². The Morgan fingerprint density at radius 1 is 1.35 bits per heavy atom. The zero-order valence-corrected chi connectivity index (χ0v) is 11.8. The second-order valence-corrected chi connectivity index (χ2v) is 4.53. The Balaban J connectivity index is 2.28. The molecule has 0 saturated carbocycles. The summed E-state index contributed by atoms with van der Waals surface area (Å²) in [5.74, 6) is 0.363. The summed E-state index contributed by atoms with van der Waals surface area (Å²) in [7, 11) is 1.76. The lowest BCUT2D eigenvalue weighted by Gasteiger charge is -2.18. The van der Waals surface area contributed by atoms with E-state index >= 15 is 0 Å². The molecule has 5 nitrogen and oxygen atoms in total. The Hall–Kier alpha value is -2.14. The van der Waals surface area contributed by atoms with Crippen molar-refractivity contribution < 1.29 is 9.53 Å². The van der Waals surface area contributed by atoms with Crippen LogP contribution in [-0.4, -0.2) is 42.6 Å². The summed E-state index contributed by atoms with van der Waals surface area (Å²) >= 11 is 0. The molecule has 0 saturated heterocycles. The Morgan fingerprint density at radius 3 is 2.75 bits per heavy atom. The number of hydrogen-bond donors (Lipinski definition) is 1. The van der Waals surface area contributed by atoms with E-state index < -0.39 is 0 Å². The van der Waals surface area contributed by atoms with Gasteiger partial charge in [0, 0.05) is 31.8 Å². The molecule has 5 heteroatoms. The van der Waals surface area contributed by atoms with Crippen molar-refractivity contribution in [3.05, 3.63) is 36.0 Å². The van der Waals surface area contributed by atoms with Gasteiger partial charge in [0.05, 0.1) is 12.2 Å². The number of nitrogens with zero attached hydrogens (tertiary/aromatic N) is 2. The number of carbonyl (C=O) groups is 1. The molecule has 2 aromatic rings. The maximum Gasteiger partial charge on any atom is 0.255 e. The van der Waals surface area contributed by atoms with E-state index in [9.17, 15) is 4.79 Å². The normalized spacial score (nSPS) is 10.7. The van der Waals surface area contributed by atoms with E-state index in [0.717, 1.165) is 10.8 Å². The number of fused-ring (bicyclic) bond motifs is 1. The van der Waals surface area contributed by atoms with Crippen molar-refractivity contribution in [3.63, 3.8) is 0 Å². The van der Waals surface area contributed by atoms with Crippen molar-refractivity contribution in [2.45, 2.75) is 6.92 Å². The summed E-state index contributed by atoms with van der Waals surface area (Å²) in [6, 6.07) is 7.53. The highest BCUT2D eigenvalue weighted by molar-refractivity contribution is 6.08. The molecular formula is C15H19N3O2. The predicted octanol–water partition coefficient (Wildman–Crippen LogP) is 1.93. The molecule has 106 valence electrons. The highest BCUT2D eigenvalue weighted by Crippen LogP contribution is 2.23. The van der Waals surface area contributed by atoms with E-state index in [0.29, 0.717) is 31.1 Å². The predicted molar refractivity (Wildman–Crippen MR) is 79.6 cm³/mol. The number of benzene rings is 1. The number of ether oxygens (including phenoxy) is 1. The lowest BCUT2D eigenvalue weighted by atomic mass is 10.1. The monoisotopic (exact) mass is 273 g/mol. The van der Waals surface area contributed by atoms with Gasteiger partial charge in [0.15, 0.2) is 0 Å². The smallest absolute Gasteiger partial charge is 0.255 e. The molecule has 0 atom stereocenters. The SMILES string of the molecule is CCOCCN(C)C(=O)c1cnc(N)c2ccccc12. The van der Waals surface area contributed by atoms with Crippen LogP contribution in [0.25, 0.3) is 10.8 Å². The standard InChI is InChI=1S/C15H19N3O2/c1-3-20-9-8-18(2)15(19)13-10-17-14(16)12-7-5-4-6-11(12)13/h4-7,10H,3,8-9H2,1-2H3,(H2,16,17). The molecule has 1 aromatic carbocycles. The van der Waals surface area contributed by atoms with E-state index in [1.807, 2.05) is 31.2 Å². The number of hydrogen-bond acceptors (Lipinski definition) is 4. The van der Waals surface area contributed by atoms with Crippen molar-refractivity contribution in [3.8, 4) is 0 Å². The van der Waals surface area contributed by atoms with Gasteiger partial charge >= 0.3 is 0 Å². The van der Waals surface area contributed by atoms with Gasteiger partial charge < -0.3 is 15.4 Å². The summed E-state index contributed by atoms with van der Waals surface area (Å²) < 4.78 is 5.27. The molecule has 1 heterocycles. The minimum absolute atomic E-state index is 0.0756. The van der Waals surface area contributed by atoms with E-state index in [2.05, 4.69) is 4.98 Å². The average molecular weight is 273 g/mol. The van der Waals surface area contributed by atoms with Crippen LogP contribution in [0.15, 0.2) is 30.5 Å². The van der Waals surface area contributed by atoms with Crippen molar-refractivity contribution in [1.29, 1.82) is 0 Å². The Bertz CT molecular complexity index is 613. The highest BCUT2D eigenvalue weighted by atomic mass is 16.5. The van der Waals surface area contributed by atoms with Crippen molar-refractivity contribution in [2.24, 2.45) is 0 Å². The van der Waals surface area contributed by atoms with Crippen LogP contribution < -0.4 is 5.73 Å². The van der Waals surface area contributed by atoms with Gasteiger partial charge in [-0.15, -0.1) is 0 Å². The van der Waals surface area contributed by atoms with Gasteiger partial charge in [-0.25, -0.2) is 4.98 Å². The minimum atomic E-state index is -0.0756. The Kier molecular flexibility index (Phi) is 4.53. The zero-order valence-electron chi connectivity index (χ0n) is 11.8. The van der Waals surface area contributed by atoms with Crippen LogP contribution in [0, 0.1) is 0 Å². The number of anilines is 1. The minimum Gasteiger partial charge on any atom is -0.383 e. The lowest BCUT2D eigenvalue weighted by Crippen LogP contribution is -2.30. The van der Waals surface area contributed by atoms with Gasteiger partial charge in [0.2, 0.25) is 0 Å². The molecule has 0 aliphatic carbocycles. The van der Waals surface area contributed by atoms with Gasteiger partial charge in [-0.05, 0) is 12.3 Å². The number of amides is 1. The molecule has 0 aliphatic heterocycles. The average Bonchev–Trinajstić information content (AvgIpc) is 2.47. The first kappa shape index (κ1) is 14.3. The Labute approximate surface area is 118 Å². The molecule has 1 amide bonds. The van der Waals surface area contributed by atoms with Gasteiger partial charge in [-0.2, -0.15) is 0 Å². The van der Waals surface area contributed by atoms with E-state index in [-0.39, 0.29) is 5.91 Å².